The molecule has 2 rings (SSSR count). The molecule has 0 saturated heterocycles. The van der Waals surface area contributed by atoms with Gasteiger partial charge in [-0.15, -0.1) is 0 Å². The van der Waals surface area contributed by atoms with Crippen LogP contribution in [-0.4, -0.2) is 16.6 Å². The molecule has 0 aliphatic heterocycles. The summed E-state index contributed by atoms with van der Waals surface area (Å²) in [5, 5.41) is 12.0. The maximum atomic E-state index is 8.94. The lowest BCUT2D eigenvalue weighted by atomic mass is 10.1. The Balaban J connectivity index is 2.52. The molecule has 0 radical (unpaired) electrons. The lowest BCUT2D eigenvalue weighted by Gasteiger charge is -2.10. The molecule has 2 aromatic rings. The molecule has 0 bridgehead atoms. The summed E-state index contributed by atoms with van der Waals surface area (Å²) >= 11 is 0. The van der Waals surface area contributed by atoms with E-state index in [4.69, 9.17) is 5.26 Å². The van der Waals surface area contributed by atoms with Gasteiger partial charge in [0, 0.05) is 18.9 Å². The van der Waals surface area contributed by atoms with Crippen molar-refractivity contribution in [3.8, 4) is 11.8 Å². The van der Waals surface area contributed by atoms with E-state index in [1.54, 1.807) is 17.0 Å². The van der Waals surface area contributed by atoms with Gasteiger partial charge < -0.3 is 5.32 Å². The summed E-state index contributed by atoms with van der Waals surface area (Å²) in [6.45, 7) is 0.763. The van der Waals surface area contributed by atoms with E-state index in [1.807, 2.05) is 31.3 Å². The summed E-state index contributed by atoms with van der Waals surface area (Å²) in [5.41, 5.74) is 2.13. The van der Waals surface area contributed by atoms with E-state index in [9.17, 15) is 0 Å². The summed E-state index contributed by atoms with van der Waals surface area (Å²) in [5.74, 6) is 0.406. The molecule has 0 aliphatic carbocycles. The minimum Gasteiger partial charge on any atom is -0.316 e. The van der Waals surface area contributed by atoms with E-state index < -0.39 is 0 Å². The quantitative estimate of drug-likeness (QED) is 0.838. The van der Waals surface area contributed by atoms with E-state index in [0.717, 1.165) is 17.8 Å². The summed E-state index contributed by atoms with van der Waals surface area (Å²) in [6, 6.07) is 10.0. The summed E-state index contributed by atoms with van der Waals surface area (Å²) in [7, 11) is 1.90. The molecule has 4 heteroatoms. The molecule has 1 aromatic heterocycles. The van der Waals surface area contributed by atoms with Gasteiger partial charge in [-0.1, -0.05) is 18.2 Å². The number of nitrogens with one attached hydrogen (secondary N) is 1. The number of nitrogens with zero attached hydrogens (tertiary/aromatic N) is 3. The van der Waals surface area contributed by atoms with Crippen molar-refractivity contribution in [2.24, 2.45) is 0 Å². The summed E-state index contributed by atoms with van der Waals surface area (Å²) < 4.78 is 1.80. The fourth-order valence-corrected chi connectivity index (χ4v) is 1.67. The van der Waals surface area contributed by atoms with Crippen molar-refractivity contribution in [1.29, 1.82) is 5.26 Å². The van der Waals surface area contributed by atoms with Gasteiger partial charge in [-0.3, -0.25) is 4.57 Å². The number of benzene rings is 1. The fraction of sp³-hybridized carbons (Fsp3) is 0.167. The molecule has 16 heavy (non-hydrogen) atoms. The van der Waals surface area contributed by atoms with Crippen LogP contribution in [0.25, 0.3) is 5.69 Å². The Kier molecular flexibility index (Phi) is 2.99. The second-order valence-electron chi connectivity index (χ2n) is 3.39. The van der Waals surface area contributed by atoms with E-state index in [0.29, 0.717) is 5.82 Å². The molecule has 0 amide bonds. The molecule has 1 heterocycles. The Morgan fingerprint density at radius 2 is 2.25 bits per heavy atom. The second kappa shape index (κ2) is 4.60. The Morgan fingerprint density at radius 3 is 3.00 bits per heavy atom. The molecule has 4 nitrogen and oxygen atoms in total. The molecule has 0 spiro atoms. The van der Waals surface area contributed by atoms with Crippen molar-refractivity contribution < 1.29 is 0 Å². The first-order valence-corrected chi connectivity index (χ1v) is 5.03. The van der Waals surface area contributed by atoms with E-state index in [1.165, 1.54) is 0 Å². The van der Waals surface area contributed by atoms with E-state index in [-0.39, 0.29) is 0 Å². The third-order valence-corrected chi connectivity index (χ3v) is 2.36. The van der Waals surface area contributed by atoms with Crippen LogP contribution in [0.15, 0.2) is 36.7 Å². The molecule has 1 aromatic carbocycles. The zero-order valence-electron chi connectivity index (χ0n) is 9.01. The predicted molar refractivity (Wildman–Crippen MR) is 61.0 cm³/mol. The molecular formula is C12H12N4. The normalized spacial score (nSPS) is 10.0. The van der Waals surface area contributed by atoms with Crippen LogP contribution in [0.2, 0.25) is 0 Å². The number of hydrogen-bond donors (Lipinski definition) is 1. The first-order valence-electron chi connectivity index (χ1n) is 5.03. The summed E-state index contributed by atoms with van der Waals surface area (Å²) in [4.78, 5) is 3.99. The number of hydrogen-bond acceptors (Lipinski definition) is 3. The Morgan fingerprint density at radius 1 is 1.44 bits per heavy atom. The van der Waals surface area contributed by atoms with Crippen molar-refractivity contribution in [2.75, 3.05) is 7.05 Å². The topological polar surface area (TPSA) is 53.6 Å². The van der Waals surface area contributed by atoms with Gasteiger partial charge in [0.1, 0.15) is 6.07 Å². The zero-order chi connectivity index (χ0) is 11.4. The van der Waals surface area contributed by atoms with Crippen LogP contribution in [0.4, 0.5) is 0 Å². The Bertz CT molecular complexity index is 522. The monoisotopic (exact) mass is 212 g/mol. The van der Waals surface area contributed by atoms with Crippen molar-refractivity contribution in [2.45, 2.75) is 6.54 Å². The zero-order valence-corrected chi connectivity index (χ0v) is 9.01. The number of nitriles is 1. The highest BCUT2D eigenvalue weighted by atomic mass is 15.1. The van der Waals surface area contributed by atoms with Crippen LogP contribution in [0.1, 0.15) is 11.4 Å². The molecule has 1 N–H and O–H groups in total. The molecule has 80 valence electrons. The van der Waals surface area contributed by atoms with Crippen molar-refractivity contribution in [3.05, 3.63) is 48.0 Å². The highest BCUT2D eigenvalue weighted by Crippen LogP contribution is 2.15. The van der Waals surface area contributed by atoms with E-state index >= 15 is 0 Å². The minimum atomic E-state index is 0.406. The molecule has 0 aliphatic rings. The Hall–Kier alpha value is -2.12. The maximum Gasteiger partial charge on any atom is 0.217 e. The van der Waals surface area contributed by atoms with Gasteiger partial charge in [-0.25, -0.2) is 4.98 Å². The van der Waals surface area contributed by atoms with Gasteiger partial charge in [0.25, 0.3) is 0 Å². The standard InChI is InChI=1S/C12H12N4/c1-14-9-10-4-2-3-5-11(10)16-7-6-15-12(16)8-13/h2-7,14H,9H2,1H3. The van der Waals surface area contributed by atoms with Crippen LogP contribution in [-0.2, 0) is 6.54 Å². The SMILES string of the molecule is CNCc1ccccc1-n1ccnc1C#N. The highest BCUT2D eigenvalue weighted by Gasteiger charge is 2.07. The van der Waals surface area contributed by atoms with Crippen molar-refractivity contribution in [1.82, 2.24) is 14.9 Å². The van der Waals surface area contributed by atoms with Crippen molar-refractivity contribution in [3.63, 3.8) is 0 Å². The van der Waals surface area contributed by atoms with E-state index in [2.05, 4.69) is 16.4 Å². The van der Waals surface area contributed by atoms with Gasteiger partial charge in [0.15, 0.2) is 0 Å². The van der Waals surface area contributed by atoms with Gasteiger partial charge in [0.2, 0.25) is 5.82 Å². The van der Waals surface area contributed by atoms with Crippen LogP contribution in [0.5, 0.6) is 0 Å². The molecule has 0 saturated carbocycles. The Labute approximate surface area is 94.2 Å². The number of aromatic nitrogens is 2. The lowest BCUT2D eigenvalue weighted by molar-refractivity contribution is 0.806. The first-order chi connectivity index (χ1) is 7.86. The van der Waals surface area contributed by atoms with Crippen LogP contribution >= 0.6 is 0 Å². The lowest BCUT2D eigenvalue weighted by Crippen LogP contribution is -2.09. The average molecular weight is 212 g/mol. The largest absolute Gasteiger partial charge is 0.316 e. The maximum absolute atomic E-state index is 8.94. The number of imidazole rings is 1. The number of rotatable bonds is 3. The molecule has 0 unspecified atom stereocenters. The minimum absolute atomic E-state index is 0.406. The third kappa shape index (κ3) is 1.81. The highest BCUT2D eigenvalue weighted by molar-refractivity contribution is 5.43. The van der Waals surface area contributed by atoms with Crippen molar-refractivity contribution >= 4 is 0 Å². The van der Waals surface area contributed by atoms with Gasteiger partial charge in [-0.05, 0) is 18.7 Å². The third-order valence-electron chi connectivity index (χ3n) is 2.36. The summed E-state index contributed by atoms with van der Waals surface area (Å²) in [6.07, 6.45) is 3.43. The second-order valence-corrected chi connectivity index (χ2v) is 3.39. The fourth-order valence-electron chi connectivity index (χ4n) is 1.67. The first kappa shape index (κ1) is 10.4. The predicted octanol–water partition coefficient (Wildman–Crippen LogP) is 1.46. The smallest absolute Gasteiger partial charge is 0.217 e. The number of para-hydroxylation sites is 1. The molecule has 0 fully saturated rings. The van der Waals surface area contributed by atoms with Crippen LogP contribution in [0.3, 0.4) is 0 Å². The van der Waals surface area contributed by atoms with Gasteiger partial charge in [-0.2, -0.15) is 5.26 Å². The molecule has 0 atom stereocenters. The average Bonchev–Trinajstić information content (AvgIpc) is 2.78. The van der Waals surface area contributed by atoms with Gasteiger partial charge in [0.05, 0.1) is 5.69 Å². The molecular weight excluding hydrogens is 200 g/mol. The van der Waals surface area contributed by atoms with Crippen LogP contribution in [0, 0.1) is 11.3 Å². The van der Waals surface area contributed by atoms with Crippen LogP contribution < -0.4 is 5.32 Å². The van der Waals surface area contributed by atoms with Gasteiger partial charge >= 0.3 is 0 Å².